The molecule has 1 aromatic carbocycles. The van der Waals surface area contributed by atoms with Gasteiger partial charge in [0.25, 0.3) is 5.69 Å². The van der Waals surface area contributed by atoms with Gasteiger partial charge in [-0.2, -0.15) is 0 Å². The number of aromatic hydroxyl groups is 1. The minimum Gasteiger partial charge on any atom is -0.506 e. The molecule has 0 unspecified atom stereocenters. The van der Waals surface area contributed by atoms with E-state index in [2.05, 4.69) is 0 Å². The van der Waals surface area contributed by atoms with Gasteiger partial charge in [0, 0.05) is 12.1 Å². The summed E-state index contributed by atoms with van der Waals surface area (Å²) in [5.41, 5.74) is 5.87. The lowest BCUT2D eigenvalue weighted by Crippen LogP contribution is -2.14. The molecule has 6 heteroatoms. The molecule has 0 bridgehead atoms. The number of rotatable bonds is 3. The summed E-state index contributed by atoms with van der Waals surface area (Å²) in [6.07, 6.45) is 1.87. The molecule has 2 rings (SSSR count). The molecule has 1 fully saturated rings. The lowest BCUT2D eigenvalue weighted by atomic mass is 10.0. The van der Waals surface area contributed by atoms with E-state index in [0.29, 0.717) is 0 Å². The first kappa shape index (κ1) is 11.2. The van der Waals surface area contributed by atoms with E-state index in [9.17, 15) is 15.2 Å². The molecule has 86 valence electrons. The quantitative estimate of drug-likeness (QED) is 0.629. The van der Waals surface area contributed by atoms with Gasteiger partial charge in [0.1, 0.15) is 5.75 Å². The number of phenolic OH excluding ortho intramolecular Hbond substituents is 1. The molecule has 0 aliphatic heterocycles. The second-order valence-corrected chi connectivity index (χ2v) is 4.36. The third-order valence-electron chi connectivity index (χ3n) is 2.80. The lowest BCUT2D eigenvalue weighted by molar-refractivity contribution is -0.385. The van der Waals surface area contributed by atoms with Crippen molar-refractivity contribution in [3.63, 3.8) is 0 Å². The number of halogens is 1. The highest BCUT2D eigenvalue weighted by molar-refractivity contribution is 6.32. The minimum absolute atomic E-state index is 0.0942. The summed E-state index contributed by atoms with van der Waals surface area (Å²) in [4.78, 5) is 10.3. The fourth-order valence-electron chi connectivity index (χ4n) is 1.75. The molecule has 0 spiro atoms. The maximum absolute atomic E-state index is 10.8. The molecular weight excluding hydrogens is 232 g/mol. The van der Waals surface area contributed by atoms with Gasteiger partial charge in [-0.15, -0.1) is 0 Å². The Kier molecular flexibility index (Phi) is 2.73. The zero-order valence-corrected chi connectivity index (χ0v) is 9.15. The molecule has 0 heterocycles. The number of hydrogen-bond acceptors (Lipinski definition) is 4. The van der Waals surface area contributed by atoms with E-state index in [-0.39, 0.29) is 27.9 Å². The van der Waals surface area contributed by atoms with E-state index in [4.69, 9.17) is 17.3 Å². The van der Waals surface area contributed by atoms with Crippen molar-refractivity contribution in [1.82, 2.24) is 0 Å². The summed E-state index contributed by atoms with van der Waals surface area (Å²) in [5, 5.41) is 20.7. The number of hydrogen-bond donors (Lipinski definition) is 2. The molecule has 1 aliphatic carbocycles. The Balaban J connectivity index is 2.53. The standard InChI is InChI=1S/C10H11ClN2O3/c11-6-3-4-7(13(15)16)8(10(6)14)9(12)5-1-2-5/h3-5,9,14H,1-2,12H2/t9-/m1/s1. The van der Waals surface area contributed by atoms with Crippen LogP contribution in [0.5, 0.6) is 5.75 Å². The van der Waals surface area contributed by atoms with Crippen LogP contribution in [0.4, 0.5) is 5.69 Å². The first-order valence-corrected chi connectivity index (χ1v) is 5.31. The number of nitrogens with two attached hydrogens (primary N) is 1. The van der Waals surface area contributed by atoms with Crippen LogP contribution in [0.2, 0.25) is 5.02 Å². The van der Waals surface area contributed by atoms with Gasteiger partial charge in [-0.05, 0) is 24.8 Å². The number of phenols is 1. The van der Waals surface area contributed by atoms with E-state index >= 15 is 0 Å². The van der Waals surface area contributed by atoms with Crippen LogP contribution in [0, 0.1) is 16.0 Å². The smallest absolute Gasteiger partial charge is 0.278 e. The molecule has 0 radical (unpaired) electrons. The maximum atomic E-state index is 10.8. The Hall–Kier alpha value is -1.33. The van der Waals surface area contributed by atoms with E-state index in [0.717, 1.165) is 12.8 Å². The van der Waals surface area contributed by atoms with Crippen LogP contribution >= 0.6 is 11.6 Å². The fourth-order valence-corrected chi connectivity index (χ4v) is 1.91. The van der Waals surface area contributed by atoms with Crippen molar-refractivity contribution in [3.05, 3.63) is 32.8 Å². The lowest BCUT2D eigenvalue weighted by Gasteiger charge is -2.13. The molecular formula is C10H11ClN2O3. The number of nitrogens with zero attached hydrogens (tertiary/aromatic N) is 1. The molecule has 1 aromatic rings. The summed E-state index contributed by atoms with van der Waals surface area (Å²) >= 11 is 5.73. The molecule has 16 heavy (non-hydrogen) atoms. The average molecular weight is 243 g/mol. The normalized spacial score (nSPS) is 17.1. The van der Waals surface area contributed by atoms with Crippen molar-refractivity contribution in [2.75, 3.05) is 0 Å². The van der Waals surface area contributed by atoms with E-state index in [1.165, 1.54) is 12.1 Å². The molecule has 1 saturated carbocycles. The molecule has 5 nitrogen and oxygen atoms in total. The SMILES string of the molecule is N[C@@H](c1c([N+](=O)[O-])ccc(Cl)c1O)C1CC1. The van der Waals surface area contributed by atoms with E-state index in [1.807, 2.05) is 0 Å². The highest BCUT2D eigenvalue weighted by Crippen LogP contribution is 2.46. The zero-order valence-electron chi connectivity index (χ0n) is 8.39. The summed E-state index contributed by atoms with van der Waals surface area (Å²) in [6.45, 7) is 0. The summed E-state index contributed by atoms with van der Waals surface area (Å²) in [5.74, 6) is -0.0571. The predicted octanol–water partition coefficient (Wildman–Crippen LogP) is 2.36. The topological polar surface area (TPSA) is 89.4 Å². The van der Waals surface area contributed by atoms with Gasteiger partial charge in [-0.25, -0.2) is 0 Å². The van der Waals surface area contributed by atoms with Crippen molar-refractivity contribution in [1.29, 1.82) is 0 Å². The van der Waals surface area contributed by atoms with Crippen molar-refractivity contribution >= 4 is 17.3 Å². The number of nitro groups is 1. The Morgan fingerprint density at radius 3 is 2.69 bits per heavy atom. The highest BCUT2D eigenvalue weighted by atomic mass is 35.5. The Bertz CT molecular complexity index is 446. The summed E-state index contributed by atoms with van der Waals surface area (Å²) < 4.78 is 0. The third-order valence-corrected chi connectivity index (χ3v) is 3.11. The summed E-state index contributed by atoms with van der Waals surface area (Å²) in [7, 11) is 0. The molecule has 0 aromatic heterocycles. The van der Waals surface area contributed by atoms with Crippen LogP contribution in [0.15, 0.2) is 12.1 Å². The molecule has 0 amide bonds. The van der Waals surface area contributed by atoms with Crippen LogP contribution in [0.25, 0.3) is 0 Å². The number of nitro benzene ring substituents is 1. The van der Waals surface area contributed by atoms with Gasteiger partial charge in [0.05, 0.1) is 15.5 Å². The van der Waals surface area contributed by atoms with Crippen molar-refractivity contribution in [2.45, 2.75) is 18.9 Å². The second-order valence-electron chi connectivity index (χ2n) is 3.95. The fraction of sp³-hybridized carbons (Fsp3) is 0.400. The van der Waals surface area contributed by atoms with Crippen LogP contribution in [-0.2, 0) is 0 Å². The Labute approximate surface area is 97.0 Å². The van der Waals surface area contributed by atoms with Gasteiger partial charge in [0.15, 0.2) is 0 Å². The first-order valence-electron chi connectivity index (χ1n) is 4.93. The molecule has 1 atom stereocenters. The van der Waals surface area contributed by atoms with Gasteiger partial charge in [0.2, 0.25) is 0 Å². The van der Waals surface area contributed by atoms with E-state index < -0.39 is 11.0 Å². The Morgan fingerprint density at radius 2 is 2.19 bits per heavy atom. The van der Waals surface area contributed by atoms with Crippen LogP contribution in [0.1, 0.15) is 24.4 Å². The monoisotopic (exact) mass is 242 g/mol. The Morgan fingerprint density at radius 1 is 1.56 bits per heavy atom. The average Bonchev–Trinajstić information content (AvgIpc) is 3.04. The summed E-state index contributed by atoms with van der Waals surface area (Å²) in [6, 6.07) is 2.07. The largest absolute Gasteiger partial charge is 0.506 e. The van der Waals surface area contributed by atoms with Gasteiger partial charge in [-0.3, -0.25) is 10.1 Å². The molecule has 0 saturated heterocycles. The predicted molar refractivity (Wildman–Crippen MR) is 59.4 cm³/mol. The third kappa shape index (κ3) is 1.83. The maximum Gasteiger partial charge on any atom is 0.278 e. The highest BCUT2D eigenvalue weighted by Gasteiger charge is 2.36. The zero-order chi connectivity index (χ0) is 11.9. The van der Waals surface area contributed by atoms with Crippen molar-refractivity contribution in [3.8, 4) is 5.75 Å². The second kappa shape index (κ2) is 3.92. The van der Waals surface area contributed by atoms with Crippen LogP contribution < -0.4 is 5.73 Å². The van der Waals surface area contributed by atoms with Crippen LogP contribution in [-0.4, -0.2) is 10.0 Å². The van der Waals surface area contributed by atoms with Crippen molar-refractivity contribution < 1.29 is 10.0 Å². The molecule has 3 N–H and O–H groups in total. The van der Waals surface area contributed by atoms with Crippen molar-refractivity contribution in [2.24, 2.45) is 11.7 Å². The van der Waals surface area contributed by atoms with Gasteiger partial charge >= 0.3 is 0 Å². The van der Waals surface area contributed by atoms with E-state index in [1.54, 1.807) is 0 Å². The van der Waals surface area contributed by atoms with Gasteiger partial charge in [-0.1, -0.05) is 11.6 Å². The van der Waals surface area contributed by atoms with Crippen LogP contribution in [0.3, 0.4) is 0 Å². The first-order chi connectivity index (χ1) is 7.52. The number of benzene rings is 1. The van der Waals surface area contributed by atoms with Gasteiger partial charge < -0.3 is 10.8 Å². The molecule has 1 aliphatic rings. The minimum atomic E-state index is -0.548.